The summed E-state index contributed by atoms with van der Waals surface area (Å²) < 4.78 is 10.1. The number of carbonyl (C=O) groups is 2. The van der Waals surface area contributed by atoms with Crippen molar-refractivity contribution in [2.75, 3.05) is 13.2 Å². The van der Waals surface area contributed by atoms with E-state index < -0.39 is 17.4 Å². The molecule has 0 unspecified atom stereocenters. The van der Waals surface area contributed by atoms with Gasteiger partial charge in [-0.3, -0.25) is 9.59 Å². The molecule has 0 saturated heterocycles. The zero-order valence-corrected chi connectivity index (χ0v) is 11.2. The molecule has 0 aliphatic heterocycles. The summed E-state index contributed by atoms with van der Waals surface area (Å²) in [5, 5.41) is 0. The standard InChI is InChI=1S/C14H20O4/c1-5-11-8-9-14(10(11)4,12(15)17-6-2)13(16)18-7-3/h8H,4-7,9H2,1-3H3. The molecule has 0 fully saturated rings. The molecule has 4 nitrogen and oxygen atoms in total. The maximum atomic E-state index is 12.1. The highest BCUT2D eigenvalue weighted by Gasteiger charge is 2.53. The Bertz CT molecular complexity index is 375. The summed E-state index contributed by atoms with van der Waals surface area (Å²) in [4.78, 5) is 24.3. The lowest BCUT2D eigenvalue weighted by atomic mass is 9.80. The molecule has 100 valence electrons. The number of rotatable bonds is 5. The van der Waals surface area contributed by atoms with Crippen molar-refractivity contribution in [3.05, 3.63) is 23.8 Å². The Morgan fingerprint density at radius 3 is 2.06 bits per heavy atom. The highest BCUT2D eigenvalue weighted by molar-refractivity contribution is 6.05. The lowest BCUT2D eigenvalue weighted by Gasteiger charge is -2.26. The van der Waals surface area contributed by atoms with Gasteiger partial charge in [-0.25, -0.2) is 0 Å². The van der Waals surface area contributed by atoms with E-state index >= 15 is 0 Å². The fourth-order valence-corrected chi connectivity index (χ4v) is 2.16. The Hall–Kier alpha value is -1.58. The van der Waals surface area contributed by atoms with Crippen molar-refractivity contribution in [1.82, 2.24) is 0 Å². The van der Waals surface area contributed by atoms with Crippen LogP contribution >= 0.6 is 0 Å². The Kier molecular flexibility index (Phi) is 4.70. The third-order valence-electron chi connectivity index (χ3n) is 3.19. The SMILES string of the molecule is C=C1C(CC)=CCC1(C(=O)OCC)C(=O)OCC. The number of hydrogen-bond acceptors (Lipinski definition) is 4. The van der Waals surface area contributed by atoms with Crippen molar-refractivity contribution in [1.29, 1.82) is 0 Å². The average Bonchev–Trinajstić information content (AvgIpc) is 2.68. The molecule has 1 aliphatic rings. The molecular formula is C14H20O4. The minimum Gasteiger partial charge on any atom is -0.465 e. The minimum absolute atomic E-state index is 0.231. The normalized spacial score (nSPS) is 17.3. The smallest absolute Gasteiger partial charge is 0.328 e. The fourth-order valence-electron chi connectivity index (χ4n) is 2.16. The number of carbonyl (C=O) groups excluding carboxylic acids is 2. The van der Waals surface area contributed by atoms with Crippen molar-refractivity contribution in [3.8, 4) is 0 Å². The van der Waals surface area contributed by atoms with Crippen LogP contribution in [0, 0.1) is 5.41 Å². The first-order valence-electron chi connectivity index (χ1n) is 6.27. The lowest BCUT2D eigenvalue weighted by Crippen LogP contribution is -2.41. The summed E-state index contributed by atoms with van der Waals surface area (Å²) in [6.07, 6.45) is 2.89. The summed E-state index contributed by atoms with van der Waals surface area (Å²) in [7, 11) is 0. The summed E-state index contributed by atoms with van der Waals surface area (Å²) >= 11 is 0. The van der Waals surface area contributed by atoms with Crippen LogP contribution in [0.3, 0.4) is 0 Å². The van der Waals surface area contributed by atoms with Crippen LogP contribution in [-0.2, 0) is 19.1 Å². The van der Waals surface area contributed by atoms with E-state index in [2.05, 4.69) is 6.58 Å². The Balaban J connectivity index is 3.09. The molecule has 18 heavy (non-hydrogen) atoms. The summed E-state index contributed by atoms with van der Waals surface area (Å²) in [6.45, 7) is 9.74. The molecule has 0 N–H and O–H groups in total. The maximum absolute atomic E-state index is 12.1. The van der Waals surface area contributed by atoms with Crippen LogP contribution in [0.1, 0.15) is 33.6 Å². The van der Waals surface area contributed by atoms with Crippen LogP contribution in [0.15, 0.2) is 23.8 Å². The maximum Gasteiger partial charge on any atom is 0.328 e. The van der Waals surface area contributed by atoms with Crippen molar-refractivity contribution in [2.24, 2.45) is 5.41 Å². The predicted molar refractivity (Wildman–Crippen MR) is 67.8 cm³/mol. The Morgan fingerprint density at radius 1 is 1.22 bits per heavy atom. The molecule has 0 radical (unpaired) electrons. The molecule has 0 saturated carbocycles. The third kappa shape index (κ3) is 2.19. The molecule has 4 heteroatoms. The van der Waals surface area contributed by atoms with Crippen LogP contribution in [0.2, 0.25) is 0 Å². The average molecular weight is 252 g/mol. The summed E-state index contributed by atoms with van der Waals surface area (Å²) in [5.74, 6) is -1.12. The highest BCUT2D eigenvalue weighted by Crippen LogP contribution is 2.44. The zero-order valence-electron chi connectivity index (χ0n) is 11.2. The van der Waals surface area contributed by atoms with E-state index in [0.717, 1.165) is 12.0 Å². The first-order valence-corrected chi connectivity index (χ1v) is 6.27. The zero-order chi connectivity index (χ0) is 13.8. The van der Waals surface area contributed by atoms with Gasteiger partial charge >= 0.3 is 11.9 Å². The highest BCUT2D eigenvalue weighted by atomic mass is 16.6. The van der Waals surface area contributed by atoms with Crippen molar-refractivity contribution < 1.29 is 19.1 Å². The molecule has 0 atom stereocenters. The van der Waals surface area contributed by atoms with E-state index in [1.54, 1.807) is 13.8 Å². The van der Waals surface area contributed by atoms with Gasteiger partial charge in [0.2, 0.25) is 0 Å². The topological polar surface area (TPSA) is 52.6 Å². The van der Waals surface area contributed by atoms with Crippen molar-refractivity contribution >= 4 is 11.9 Å². The monoisotopic (exact) mass is 252 g/mol. The number of ether oxygens (including phenoxy) is 2. The second-order valence-corrected chi connectivity index (χ2v) is 4.11. The van der Waals surface area contributed by atoms with E-state index in [1.807, 2.05) is 13.0 Å². The van der Waals surface area contributed by atoms with Gasteiger partial charge in [0, 0.05) is 0 Å². The van der Waals surface area contributed by atoms with Crippen molar-refractivity contribution in [2.45, 2.75) is 33.6 Å². The van der Waals surface area contributed by atoms with Crippen molar-refractivity contribution in [3.63, 3.8) is 0 Å². The molecule has 0 heterocycles. The van der Waals surface area contributed by atoms with Gasteiger partial charge in [0.1, 0.15) is 0 Å². The molecule has 0 aromatic rings. The van der Waals surface area contributed by atoms with E-state index in [4.69, 9.17) is 9.47 Å². The molecule has 0 bridgehead atoms. The Labute approximate surface area is 108 Å². The predicted octanol–water partition coefficient (Wildman–Crippen LogP) is 2.40. The molecular weight excluding hydrogens is 232 g/mol. The summed E-state index contributed by atoms with van der Waals surface area (Å²) in [5.41, 5.74) is 0.0789. The van der Waals surface area contributed by atoms with Crippen LogP contribution in [0.4, 0.5) is 0 Å². The fraction of sp³-hybridized carbons (Fsp3) is 0.571. The van der Waals surface area contributed by atoms with E-state index in [9.17, 15) is 9.59 Å². The second-order valence-electron chi connectivity index (χ2n) is 4.11. The second kappa shape index (κ2) is 5.85. The van der Waals surface area contributed by atoms with Gasteiger partial charge in [-0.2, -0.15) is 0 Å². The van der Waals surface area contributed by atoms with Crippen LogP contribution in [-0.4, -0.2) is 25.2 Å². The van der Waals surface area contributed by atoms with Gasteiger partial charge < -0.3 is 9.47 Å². The van der Waals surface area contributed by atoms with Gasteiger partial charge in [0.05, 0.1) is 13.2 Å². The summed E-state index contributed by atoms with van der Waals surface area (Å²) in [6, 6.07) is 0. The molecule has 0 spiro atoms. The van der Waals surface area contributed by atoms with E-state index in [1.165, 1.54) is 0 Å². The number of allylic oxidation sites excluding steroid dienone is 2. The van der Waals surface area contributed by atoms with Crippen LogP contribution in [0.5, 0.6) is 0 Å². The van der Waals surface area contributed by atoms with Gasteiger partial charge in [-0.1, -0.05) is 19.6 Å². The molecule has 1 rings (SSSR count). The van der Waals surface area contributed by atoms with Gasteiger partial charge in [0.25, 0.3) is 0 Å². The molecule has 0 aromatic carbocycles. The van der Waals surface area contributed by atoms with Gasteiger partial charge in [-0.15, -0.1) is 0 Å². The first kappa shape index (κ1) is 14.5. The lowest BCUT2D eigenvalue weighted by molar-refractivity contribution is -0.168. The van der Waals surface area contributed by atoms with Crippen LogP contribution in [0.25, 0.3) is 0 Å². The largest absolute Gasteiger partial charge is 0.465 e. The third-order valence-corrected chi connectivity index (χ3v) is 3.19. The van der Waals surface area contributed by atoms with E-state index in [0.29, 0.717) is 5.57 Å². The minimum atomic E-state index is -1.36. The molecule has 1 aliphatic carbocycles. The van der Waals surface area contributed by atoms with Gasteiger partial charge in [0.15, 0.2) is 5.41 Å². The van der Waals surface area contributed by atoms with E-state index in [-0.39, 0.29) is 19.6 Å². The molecule has 0 aromatic heterocycles. The number of esters is 2. The first-order chi connectivity index (χ1) is 8.54. The van der Waals surface area contributed by atoms with Gasteiger partial charge in [-0.05, 0) is 37.8 Å². The van der Waals surface area contributed by atoms with Crippen LogP contribution < -0.4 is 0 Å². The Morgan fingerprint density at radius 2 is 1.72 bits per heavy atom. The quantitative estimate of drug-likeness (QED) is 0.557. The number of hydrogen-bond donors (Lipinski definition) is 0. The molecule has 0 amide bonds.